The molecule has 0 amide bonds. The van der Waals surface area contributed by atoms with E-state index in [0.717, 1.165) is 5.41 Å². The third-order valence-electron chi connectivity index (χ3n) is 3.31. The fraction of sp³-hybridized carbons (Fsp3) is 1.00. The van der Waals surface area contributed by atoms with Crippen LogP contribution in [0.3, 0.4) is 0 Å². The van der Waals surface area contributed by atoms with Crippen LogP contribution in [-0.4, -0.2) is 13.1 Å². The minimum atomic E-state index is 0. The van der Waals surface area contributed by atoms with E-state index in [1.54, 1.807) is 0 Å². The molecule has 1 aliphatic carbocycles. The van der Waals surface area contributed by atoms with Crippen LogP contribution in [0.25, 0.3) is 0 Å². The molecule has 11 heavy (non-hydrogen) atoms. The maximum atomic E-state index is 3.47. The Labute approximate surface area is 75.4 Å². The molecule has 0 aromatic carbocycles. The summed E-state index contributed by atoms with van der Waals surface area (Å²) >= 11 is 0. The van der Waals surface area contributed by atoms with Crippen LogP contribution in [0.2, 0.25) is 0 Å². The largest absolute Gasteiger partial charge is 0.317 e. The molecule has 2 heteroatoms. The lowest BCUT2D eigenvalue weighted by Crippen LogP contribution is -2.30. The molecule has 2 rings (SSSR count). The molecule has 1 spiro atoms. The summed E-state index contributed by atoms with van der Waals surface area (Å²) in [4.78, 5) is 0. The van der Waals surface area contributed by atoms with Gasteiger partial charge in [0.15, 0.2) is 0 Å². The van der Waals surface area contributed by atoms with Gasteiger partial charge in [-0.1, -0.05) is 6.42 Å². The smallest absolute Gasteiger partial charge is 0.00436 e. The van der Waals surface area contributed by atoms with E-state index in [1.807, 2.05) is 0 Å². The van der Waals surface area contributed by atoms with Crippen LogP contribution in [0.4, 0.5) is 0 Å². The van der Waals surface area contributed by atoms with Crippen molar-refractivity contribution < 1.29 is 0 Å². The lowest BCUT2D eigenvalue weighted by Gasteiger charge is -2.41. The van der Waals surface area contributed by atoms with Gasteiger partial charge in [0.25, 0.3) is 0 Å². The van der Waals surface area contributed by atoms with Crippen molar-refractivity contribution in [2.75, 3.05) is 13.1 Å². The molecule has 0 aromatic rings. The van der Waals surface area contributed by atoms with Crippen LogP contribution in [0.1, 0.15) is 38.5 Å². The second-order valence-corrected chi connectivity index (χ2v) is 3.96. The average Bonchev–Trinajstić information content (AvgIpc) is 2.08. The average molecular weight is 176 g/mol. The highest BCUT2D eigenvalue weighted by Crippen LogP contribution is 2.47. The van der Waals surface area contributed by atoms with Crippen molar-refractivity contribution >= 4 is 12.4 Å². The molecule has 0 radical (unpaired) electrons. The zero-order valence-corrected chi connectivity index (χ0v) is 7.88. The van der Waals surface area contributed by atoms with Crippen molar-refractivity contribution in [3.63, 3.8) is 0 Å². The molecule has 0 bridgehead atoms. The summed E-state index contributed by atoms with van der Waals surface area (Å²) in [7, 11) is 0. The molecular weight excluding hydrogens is 158 g/mol. The summed E-state index contributed by atoms with van der Waals surface area (Å²) in [6.07, 6.45) is 8.91. The third-order valence-corrected chi connectivity index (χ3v) is 3.31. The zero-order valence-electron chi connectivity index (χ0n) is 7.07. The van der Waals surface area contributed by atoms with Crippen LogP contribution < -0.4 is 5.32 Å². The molecule has 2 fully saturated rings. The van der Waals surface area contributed by atoms with E-state index in [1.165, 1.54) is 51.6 Å². The standard InChI is InChI=1S/C9H17N.ClH/c1-3-9(4-1)5-2-7-10-8-6-9;/h10H,1-8H2;1H. The normalized spacial score (nSPS) is 28.4. The predicted octanol–water partition coefficient (Wildman–Crippen LogP) is 2.35. The second-order valence-electron chi connectivity index (χ2n) is 3.96. The van der Waals surface area contributed by atoms with Crippen molar-refractivity contribution in [1.82, 2.24) is 5.32 Å². The Hall–Kier alpha value is 0.250. The number of rotatable bonds is 0. The van der Waals surface area contributed by atoms with Crippen molar-refractivity contribution in [3.05, 3.63) is 0 Å². The Morgan fingerprint density at radius 2 is 1.55 bits per heavy atom. The maximum Gasteiger partial charge on any atom is -0.00436 e. The van der Waals surface area contributed by atoms with Gasteiger partial charge in [-0.05, 0) is 50.6 Å². The number of nitrogens with one attached hydrogen (secondary N) is 1. The summed E-state index contributed by atoms with van der Waals surface area (Å²) in [6.45, 7) is 2.54. The number of hydrogen-bond donors (Lipinski definition) is 1. The van der Waals surface area contributed by atoms with Gasteiger partial charge in [0.1, 0.15) is 0 Å². The Kier molecular flexibility index (Phi) is 3.20. The van der Waals surface area contributed by atoms with E-state index in [0.29, 0.717) is 0 Å². The Bertz CT molecular complexity index is 111. The maximum absolute atomic E-state index is 3.47. The van der Waals surface area contributed by atoms with Crippen LogP contribution in [-0.2, 0) is 0 Å². The summed E-state index contributed by atoms with van der Waals surface area (Å²) in [5.41, 5.74) is 0.823. The fourth-order valence-corrected chi connectivity index (χ4v) is 2.37. The van der Waals surface area contributed by atoms with Gasteiger partial charge >= 0.3 is 0 Å². The van der Waals surface area contributed by atoms with E-state index in [9.17, 15) is 0 Å². The number of halogens is 1. The molecule has 1 nitrogen and oxygen atoms in total. The molecule has 1 saturated heterocycles. The molecule has 1 aliphatic heterocycles. The first kappa shape index (κ1) is 9.34. The SMILES string of the molecule is C1CNCCC2(C1)CCC2.Cl. The van der Waals surface area contributed by atoms with Crippen molar-refractivity contribution in [1.29, 1.82) is 0 Å². The van der Waals surface area contributed by atoms with Gasteiger partial charge in [0.2, 0.25) is 0 Å². The van der Waals surface area contributed by atoms with Crippen molar-refractivity contribution in [2.24, 2.45) is 5.41 Å². The molecule has 1 saturated carbocycles. The van der Waals surface area contributed by atoms with E-state index < -0.39 is 0 Å². The molecule has 1 N–H and O–H groups in total. The molecule has 66 valence electrons. The third kappa shape index (κ3) is 1.88. The van der Waals surface area contributed by atoms with E-state index in [-0.39, 0.29) is 12.4 Å². The topological polar surface area (TPSA) is 12.0 Å². The second kappa shape index (κ2) is 3.77. The van der Waals surface area contributed by atoms with Crippen molar-refractivity contribution in [3.8, 4) is 0 Å². The zero-order chi connectivity index (χ0) is 6.86. The quantitative estimate of drug-likeness (QED) is 0.596. The van der Waals surface area contributed by atoms with E-state index in [4.69, 9.17) is 0 Å². The Morgan fingerprint density at radius 1 is 0.818 bits per heavy atom. The van der Waals surface area contributed by atoms with Crippen molar-refractivity contribution in [2.45, 2.75) is 38.5 Å². The van der Waals surface area contributed by atoms with Crippen LogP contribution in [0.5, 0.6) is 0 Å². The van der Waals surface area contributed by atoms with Gasteiger partial charge in [-0.2, -0.15) is 0 Å². The van der Waals surface area contributed by atoms with Crippen LogP contribution >= 0.6 is 12.4 Å². The lowest BCUT2D eigenvalue weighted by atomic mass is 9.64. The molecule has 0 aromatic heterocycles. The molecule has 1 heterocycles. The molecule has 0 atom stereocenters. The minimum absolute atomic E-state index is 0. The highest BCUT2D eigenvalue weighted by Gasteiger charge is 2.36. The first-order valence-electron chi connectivity index (χ1n) is 4.62. The monoisotopic (exact) mass is 175 g/mol. The van der Waals surface area contributed by atoms with E-state index in [2.05, 4.69) is 5.32 Å². The van der Waals surface area contributed by atoms with Gasteiger partial charge in [0, 0.05) is 0 Å². The van der Waals surface area contributed by atoms with Gasteiger partial charge in [-0.3, -0.25) is 0 Å². The molecule has 0 unspecified atom stereocenters. The van der Waals surface area contributed by atoms with Gasteiger partial charge < -0.3 is 5.32 Å². The van der Waals surface area contributed by atoms with Gasteiger partial charge in [0.05, 0.1) is 0 Å². The summed E-state index contributed by atoms with van der Waals surface area (Å²) in [5, 5.41) is 3.47. The molecular formula is C9H18ClN. The van der Waals surface area contributed by atoms with Crippen LogP contribution in [0.15, 0.2) is 0 Å². The summed E-state index contributed by atoms with van der Waals surface area (Å²) in [5.74, 6) is 0. The highest BCUT2D eigenvalue weighted by atomic mass is 35.5. The fourth-order valence-electron chi connectivity index (χ4n) is 2.37. The van der Waals surface area contributed by atoms with E-state index >= 15 is 0 Å². The minimum Gasteiger partial charge on any atom is -0.317 e. The summed E-state index contributed by atoms with van der Waals surface area (Å²) < 4.78 is 0. The lowest BCUT2D eigenvalue weighted by molar-refractivity contribution is 0.114. The predicted molar refractivity (Wildman–Crippen MR) is 50.3 cm³/mol. The van der Waals surface area contributed by atoms with Gasteiger partial charge in [-0.15, -0.1) is 12.4 Å². The number of hydrogen-bond acceptors (Lipinski definition) is 1. The highest BCUT2D eigenvalue weighted by molar-refractivity contribution is 5.85. The summed E-state index contributed by atoms with van der Waals surface area (Å²) in [6, 6.07) is 0. The molecule has 2 aliphatic rings. The first-order valence-corrected chi connectivity index (χ1v) is 4.62. The van der Waals surface area contributed by atoms with Crippen LogP contribution in [0, 0.1) is 5.41 Å². The first-order chi connectivity index (χ1) is 4.91. The Morgan fingerprint density at radius 3 is 2.18 bits per heavy atom. The Balaban J connectivity index is 0.000000605. The van der Waals surface area contributed by atoms with Gasteiger partial charge in [-0.25, -0.2) is 0 Å².